The maximum Gasteiger partial charge on any atom is 0.503 e. The van der Waals surface area contributed by atoms with E-state index in [4.69, 9.17) is 0 Å². The zero-order valence-corrected chi connectivity index (χ0v) is 5.75. The Balaban J connectivity index is 3.89. The van der Waals surface area contributed by atoms with Gasteiger partial charge in [0.2, 0.25) is 0 Å². The molecule has 48 valence electrons. The highest BCUT2D eigenvalue weighted by molar-refractivity contribution is 9.11. The van der Waals surface area contributed by atoms with Gasteiger partial charge in [0.15, 0.2) is 0 Å². The Morgan fingerprint density at radius 1 is 1.50 bits per heavy atom. The van der Waals surface area contributed by atoms with Gasteiger partial charge in [-0.1, -0.05) is 15.9 Å². The van der Waals surface area contributed by atoms with Crippen LogP contribution in [-0.4, -0.2) is 6.98 Å². The standard InChI is InChI=1S/C3H4BBrF3/c1-3(5)2-4(6,7)8/h2H,1H3/q-1. The van der Waals surface area contributed by atoms with Crippen LogP contribution in [0, 0.1) is 0 Å². The topological polar surface area (TPSA) is 0 Å². The summed E-state index contributed by atoms with van der Waals surface area (Å²) in [5.74, 6) is 0.250. The number of halogens is 4. The van der Waals surface area contributed by atoms with Crippen molar-refractivity contribution < 1.29 is 12.9 Å². The molecule has 0 rings (SSSR count). The molecule has 0 heterocycles. The number of hydrogen-bond acceptors (Lipinski definition) is 0. The molecule has 0 aromatic carbocycles. The summed E-state index contributed by atoms with van der Waals surface area (Å²) in [6.45, 7) is -3.40. The molecule has 0 nitrogen and oxygen atoms in total. The van der Waals surface area contributed by atoms with Gasteiger partial charge in [-0.25, -0.2) is 0 Å². The summed E-state index contributed by atoms with van der Waals surface area (Å²) in [6, 6.07) is 0. The Hall–Kier alpha value is 0.0749. The molecule has 0 saturated carbocycles. The van der Waals surface area contributed by atoms with Gasteiger partial charge in [-0.05, 0) is 11.4 Å². The molecule has 0 aliphatic rings. The van der Waals surface area contributed by atoms with Gasteiger partial charge in [-0.15, -0.1) is 5.98 Å². The van der Waals surface area contributed by atoms with Crippen LogP contribution in [-0.2, 0) is 0 Å². The maximum absolute atomic E-state index is 11.3. The Morgan fingerprint density at radius 3 is 1.88 bits per heavy atom. The Morgan fingerprint density at radius 2 is 1.88 bits per heavy atom. The lowest BCUT2D eigenvalue weighted by molar-refractivity contribution is 0.498. The van der Waals surface area contributed by atoms with Crippen LogP contribution in [0.1, 0.15) is 6.92 Å². The lowest BCUT2D eigenvalue weighted by atomic mass is 9.92. The molecule has 5 heteroatoms. The second-order valence-corrected chi connectivity index (χ2v) is 2.63. The van der Waals surface area contributed by atoms with Gasteiger partial charge in [0, 0.05) is 0 Å². The predicted molar refractivity (Wildman–Crippen MR) is 31.8 cm³/mol. The van der Waals surface area contributed by atoms with Crippen LogP contribution in [0.2, 0.25) is 0 Å². The first kappa shape index (κ1) is 8.07. The normalized spacial score (nSPS) is 14.4. The smallest absolute Gasteiger partial charge is 0.445 e. The van der Waals surface area contributed by atoms with Crippen molar-refractivity contribution in [2.24, 2.45) is 0 Å². The van der Waals surface area contributed by atoms with Crippen LogP contribution in [0.25, 0.3) is 0 Å². The van der Waals surface area contributed by atoms with Crippen LogP contribution in [0.5, 0.6) is 0 Å². The predicted octanol–water partition coefficient (Wildman–Crippen LogP) is 2.67. The second kappa shape index (κ2) is 2.57. The molecule has 0 saturated heterocycles. The van der Waals surface area contributed by atoms with Crippen molar-refractivity contribution in [3.05, 3.63) is 10.5 Å². The van der Waals surface area contributed by atoms with E-state index in [0.717, 1.165) is 0 Å². The monoisotopic (exact) mass is 187 g/mol. The van der Waals surface area contributed by atoms with Gasteiger partial charge >= 0.3 is 6.98 Å². The maximum atomic E-state index is 11.3. The summed E-state index contributed by atoms with van der Waals surface area (Å²) in [5.41, 5.74) is 0. The average molecular weight is 188 g/mol. The SMILES string of the molecule is CC(Br)=C[B-](F)(F)F. The minimum absolute atomic E-state index is 0.116. The first-order chi connectivity index (χ1) is 3.42. The fraction of sp³-hybridized carbons (Fsp3) is 0.333. The fourth-order valence-electron chi connectivity index (χ4n) is 0.260. The molecule has 0 amide bonds. The third-order valence-electron chi connectivity index (χ3n) is 0.419. The van der Waals surface area contributed by atoms with Gasteiger partial charge in [-0.2, -0.15) is 0 Å². The quantitative estimate of drug-likeness (QED) is 0.554. The first-order valence-electron chi connectivity index (χ1n) is 1.97. The van der Waals surface area contributed by atoms with E-state index in [-0.39, 0.29) is 10.5 Å². The lowest BCUT2D eigenvalue weighted by Gasteiger charge is -2.06. The molecule has 0 unspecified atom stereocenters. The van der Waals surface area contributed by atoms with Crippen LogP contribution in [0.4, 0.5) is 12.9 Å². The number of hydrogen-bond donors (Lipinski definition) is 0. The summed E-state index contributed by atoms with van der Waals surface area (Å²) in [6.07, 6.45) is 0. The highest BCUT2D eigenvalue weighted by Gasteiger charge is 2.17. The second-order valence-electron chi connectivity index (χ2n) is 1.38. The first-order valence-corrected chi connectivity index (χ1v) is 2.76. The molecular weight excluding hydrogens is 184 g/mol. The van der Waals surface area contributed by atoms with Gasteiger partial charge in [0.05, 0.1) is 0 Å². The molecule has 8 heavy (non-hydrogen) atoms. The van der Waals surface area contributed by atoms with E-state index in [9.17, 15) is 12.9 Å². The van der Waals surface area contributed by atoms with Crippen molar-refractivity contribution in [1.82, 2.24) is 0 Å². The molecule has 0 aromatic heterocycles. The largest absolute Gasteiger partial charge is 0.503 e. The van der Waals surface area contributed by atoms with Crippen LogP contribution < -0.4 is 0 Å². The Bertz CT molecular complexity index is 102. The summed E-state index contributed by atoms with van der Waals surface area (Å²) >= 11 is 2.67. The minimum Gasteiger partial charge on any atom is -0.445 e. The van der Waals surface area contributed by atoms with Crippen molar-refractivity contribution in [1.29, 1.82) is 0 Å². The van der Waals surface area contributed by atoms with E-state index in [1.165, 1.54) is 6.92 Å². The van der Waals surface area contributed by atoms with E-state index in [1.807, 2.05) is 0 Å². The minimum atomic E-state index is -4.75. The van der Waals surface area contributed by atoms with Crippen LogP contribution in [0.3, 0.4) is 0 Å². The number of allylic oxidation sites excluding steroid dienone is 1. The molecule has 0 N–H and O–H groups in total. The van der Waals surface area contributed by atoms with Gasteiger partial charge in [0.25, 0.3) is 0 Å². The molecule has 0 aromatic rings. The van der Waals surface area contributed by atoms with Gasteiger partial charge in [0.1, 0.15) is 0 Å². The van der Waals surface area contributed by atoms with Crippen LogP contribution in [0.15, 0.2) is 10.5 Å². The summed E-state index contributed by atoms with van der Waals surface area (Å²) < 4.78 is 33.9. The third kappa shape index (κ3) is 6.07. The van der Waals surface area contributed by atoms with E-state index < -0.39 is 6.98 Å². The third-order valence-corrected chi connectivity index (χ3v) is 0.683. The molecule has 0 spiro atoms. The molecule has 0 atom stereocenters. The van der Waals surface area contributed by atoms with Gasteiger partial charge < -0.3 is 12.9 Å². The fourth-order valence-corrected chi connectivity index (χ4v) is 0.560. The molecule has 0 aliphatic heterocycles. The molecule has 0 radical (unpaired) electrons. The van der Waals surface area contributed by atoms with Crippen molar-refractivity contribution in [2.75, 3.05) is 0 Å². The zero-order valence-electron chi connectivity index (χ0n) is 4.17. The Labute approximate surface area is 53.9 Å². The lowest BCUT2D eigenvalue weighted by Crippen LogP contribution is -2.10. The van der Waals surface area contributed by atoms with E-state index >= 15 is 0 Å². The van der Waals surface area contributed by atoms with Crippen LogP contribution >= 0.6 is 15.9 Å². The summed E-state index contributed by atoms with van der Waals surface area (Å²) in [4.78, 5) is 0. The highest BCUT2D eigenvalue weighted by atomic mass is 79.9. The molecule has 0 aliphatic carbocycles. The zero-order chi connectivity index (χ0) is 6.78. The highest BCUT2D eigenvalue weighted by Crippen LogP contribution is 2.15. The van der Waals surface area contributed by atoms with E-state index in [0.29, 0.717) is 0 Å². The molecule has 0 bridgehead atoms. The van der Waals surface area contributed by atoms with Crippen molar-refractivity contribution in [3.8, 4) is 0 Å². The molecular formula is C3H4BBrF3-. The van der Waals surface area contributed by atoms with Crippen molar-refractivity contribution in [2.45, 2.75) is 6.92 Å². The van der Waals surface area contributed by atoms with Crippen molar-refractivity contribution >= 4 is 22.9 Å². The van der Waals surface area contributed by atoms with E-state index in [1.54, 1.807) is 0 Å². The summed E-state index contributed by atoms with van der Waals surface area (Å²) in [7, 11) is 0. The van der Waals surface area contributed by atoms with Gasteiger partial charge in [-0.3, -0.25) is 0 Å². The van der Waals surface area contributed by atoms with E-state index in [2.05, 4.69) is 15.9 Å². The Kier molecular flexibility index (Phi) is 2.60. The molecule has 0 fully saturated rings. The van der Waals surface area contributed by atoms with Crippen molar-refractivity contribution in [3.63, 3.8) is 0 Å². The number of rotatable bonds is 1. The average Bonchev–Trinajstić information content (AvgIpc) is 1.21. The summed E-state index contributed by atoms with van der Waals surface area (Å²) in [5, 5.41) is 0.